The fourth-order valence-corrected chi connectivity index (χ4v) is 3.33. The highest BCUT2D eigenvalue weighted by molar-refractivity contribution is 5.97. The molecule has 1 unspecified atom stereocenters. The van der Waals surface area contributed by atoms with Gasteiger partial charge < -0.3 is 4.90 Å². The summed E-state index contributed by atoms with van der Waals surface area (Å²) in [6, 6.07) is -0.134. The Kier molecular flexibility index (Phi) is 4.38. The van der Waals surface area contributed by atoms with Crippen molar-refractivity contribution in [2.24, 2.45) is 14.1 Å². The third kappa shape index (κ3) is 2.81. The van der Waals surface area contributed by atoms with Crippen LogP contribution in [0.2, 0.25) is 0 Å². The van der Waals surface area contributed by atoms with Gasteiger partial charge in [-0.1, -0.05) is 0 Å². The van der Waals surface area contributed by atoms with E-state index in [4.69, 9.17) is 0 Å². The average molecular weight is 337 g/mol. The van der Waals surface area contributed by atoms with Crippen LogP contribution in [-0.4, -0.2) is 36.9 Å². The lowest BCUT2D eigenvalue weighted by Crippen LogP contribution is -2.39. The number of aromatic nitrogens is 4. The molecule has 3 heterocycles. The number of aryl methyl sites for hydroxylation is 2. The molecule has 0 aromatic carbocycles. The molecule has 8 heteroatoms. The van der Waals surface area contributed by atoms with E-state index < -0.39 is 12.1 Å². The molecule has 1 amide bonds. The van der Waals surface area contributed by atoms with Crippen LogP contribution in [0.3, 0.4) is 0 Å². The van der Waals surface area contributed by atoms with E-state index in [2.05, 4.69) is 10.2 Å². The van der Waals surface area contributed by atoms with Crippen molar-refractivity contribution in [3.05, 3.63) is 34.9 Å². The molecule has 0 N–H and O–H groups in total. The lowest BCUT2D eigenvalue weighted by atomic mass is 9.96. The van der Waals surface area contributed by atoms with Crippen LogP contribution < -0.4 is 0 Å². The van der Waals surface area contributed by atoms with Crippen molar-refractivity contribution in [1.82, 2.24) is 24.5 Å². The van der Waals surface area contributed by atoms with Crippen molar-refractivity contribution >= 4 is 5.91 Å². The zero-order valence-electron chi connectivity index (χ0n) is 14.0. The first-order valence-electron chi connectivity index (χ1n) is 8.01. The SMILES string of the molecule is Cc1c(C(=O)N2CCCCC2c2cnn(C)c2)c(C(F)F)nn1C. The predicted octanol–water partition coefficient (Wildman–Crippen LogP) is 2.77. The van der Waals surface area contributed by atoms with Gasteiger partial charge in [-0.15, -0.1) is 0 Å². The second-order valence-corrected chi connectivity index (χ2v) is 6.23. The highest BCUT2D eigenvalue weighted by Crippen LogP contribution is 2.34. The minimum Gasteiger partial charge on any atom is -0.331 e. The van der Waals surface area contributed by atoms with Gasteiger partial charge in [-0.2, -0.15) is 10.2 Å². The summed E-state index contributed by atoms with van der Waals surface area (Å²) in [4.78, 5) is 14.8. The Bertz CT molecular complexity index is 752. The fourth-order valence-electron chi connectivity index (χ4n) is 3.33. The van der Waals surface area contributed by atoms with Gasteiger partial charge in [-0.05, 0) is 26.2 Å². The summed E-state index contributed by atoms with van der Waals surface area (Å²) in [6.07, 6.45) is 3.51. The Balaban J connectivity index is 1.98. The van der Waals surface area contributed by atoms with Gasteiger partial charge >= 0.3 is 0 Å². The molecule has 3 rings (SSSR count). The van der Waals surface area contributed by atoms with Gasteiger partial charge in [0.1, 0.15) is 5.69 Å². The van der Waals surface area contributed by atoms with Gasteiger partial charge in [0.25, 0.3) is 12.3 Å². The standard InChI is InChI=1S/C16H21F2N5O/c1-10-13(14(15(17)18)20-22(10)3)16(24)23-7-5-4-6-12(23)11-8-19-21(2)9-11/h8-9,12,15H,4-7H2,1-3H3. The van der Waals surface area contributed by atoms with E-state index in [1.54, 1.807) is 29.7 Å². The van der Waals surface area contributed by atoms with Crippen molar-refractivity contribution in [2.45, 2.75) is 38.7 Å². The molecule has 0 bridgehead atoms. The second kappa shape index (κ2) is 6.33. The van der Waals surface area contributed by atoms with E-state index in [0.29, 0.717) is 12.2 Å². The zero-order chi connectivity index (χ0) is 17.4. The number of piperidine rings is 1. The number of alkyl halides is 2. The van der Waals surface area contributed by atoms with Crippen LogP contribution in [0.4, 0.5) is 8.78 Å². The number of carbonyl (C=O) groups excluding carboxylic acids is 1. The molecule has 0 radical (unpaired) electrons. The zero-order valence-corrected chi connectivity index (χ0v) is 14.0. The van der Waals surface area contributed by atoms with E-state index in [1.165, 1.54) is 4.68 Å². The lowest BCUT2D eigenvalue weighted by Gasteiger charge is -2.35. The molecule has 1 saturated heterocycles. The monoisotopic (exact) mass is 337 g/mol. The van der Waals surface area contributed by atoms with Crippen LogP contribution in [0.25, 0.3) is 0 Å². The first-order chi connectivity index (χ1) is 11.4. The summed E-state index contributed by atoms with van der Waals surface area (Å²) in [5.74, 6) is -0.371. The van der Waals surface area contributed by atoms with Gasteiger partial charge in [0.2, 0.25) is 0 Å². The summed E-state index contributed by atoms with van der Waals surface area (Å²) in [6.45, 7) is 2.20. The molecule has 0 spiro atoms. The molecular formula is C16H21F2N5O. The molecule has 130 valence electrons. The smallest absolute Gasteiger partial charge is 0.282 e. The molecular weight excluding hydrogens is 316 g/mol. The van der Waals surface area contributed by atoms with Crippen molar-refractivity contribution in [3.63, 3.8) is 0 Å². The van der Waals surface area contributed by atoms with Crippen LogP contribution in [0.15, 0.2) is 12.4 Å². The number of likely N-dealkylation sites (tertiary alicyclic amines) is 1. The average Bonchev–Trinajstić information content (AvgIpc) is 3.11. The Morgan fingerprint density at radius 2 is 2.08 bits per heavy atom. The van der Waals surface area contributed by atoms with Crippen LogP contribution in [0.1, 0.15) is 59.0 Å². The molecule has 0 saturated carbocycles. The van der Waals surface area contributed by atoms with Crippen LogP contribution in [-0.2, 0) is 14.1 Å². The normalized spacial score (nSPS) is 18.4. The van der Waals surface area contributed by atoms with E-state index in [-0.39, 0.29) is 17.5 Å². The lowest BCUT2D eigenvalue weighted by molar-refractivity contribution is 0.0599. The quantitative estimate of drug-likeness (QED) is 0.865. The molecule has 2 aromatic rings. The maximum Gasteiger partial charge on any atom is 0.282 e. The maximum absolute atomic E-state index is 13.3. The molecule has 1 atom stereocenters. The number of hydrogen-bond donors (Lipinski definition) is 0. The van der Waals surface area contributed by atoms with Crippen molar-refractivity contribution in [3.8, 4) is 0 Å². The Hall–Kier alpha value is -2.25. The summed E-state index contributed by atoms with van der Waals surface area (Å²) in [7, 11) is 3.39. The van der Waals surface area contributed by atoms with Crippen molar-refractivity contribution in [2.75, 3.05) is 6.54 Å². The van der Waals surface area contributed by atoms with E-state index in [0.717, 1.165) is 24.8 Å². The van der Waals surface area contributed by atoms with Crippen LogP contribution >= 0.6 is 0 Å². The van der Waals surface area contributed by atoms with Gasteiger partial charge in [0.05, 0.1) is 17.8 Å². The topological polar surface area (TPSA) is 56.0 Å². The summed E-state index contributed by atoms with van der Waals surface area (Å²) in [5, 5.41) is 8.00. The van der Waals surface area contributed by atoms with Gasteiger partial charge in [-0.3, -0.25) is 14.2 Å². The number of amides is 1. The third-order valence-corrected chi connectivity index (χ3v) is 4.65. The first kappa shape index (κ1) is 16.6. The molecule has 1 aliphatic rings. The predicted molar refractivity (Wildman–Crippen MR) is 83.7 cm³/mol. The van der Waals surface area contributed by atoms with Gasteiger partial charge in [0, 0.05) is 38.1 Å². The summed E-state index contributed by atoms with van der Waals surface area (Å²) in [5.41, 5.74) is 0.996. The highest BCUT2D eigenvalue weighted by Gasteiger charge is 2.34. The molecule has 0 aliphatic carbocycles. The van der Waals surface area contributed by atoms with Crippen molar-refractivity contribution in [1.29, 1.82) is 0 Å². The number of nitrogens with zero attached hydrogens (tertiary/aromatic N) is 5. The first-order valence-corrected chi connectivity index (χ1v) is 8.01. The Labute approximate surface area is 139 Å². The summed E-state index contributed by atoms with van der Waals surface area (Å²) >= 11 is 0. The summed E-state index contributed by atoms with van der Waals surface area (Å²) < 4.78 is 29.7. The Morgan fingerprint density at radius 3 is 2.71 bits per heavy atom. The largest absolute Gasteiger partial charge is 0.331 e. The van der Waals surface area contributed by atoms with Crippen LogP contribution in [0.5, 0.6) is 0 Å². The number of carbonyl (C=O) groups is 1. The highest BCUT2D eigenvalue weighted by atomic mass is 19.3. The molecule has 6 nitrogen and oxygen atoms in total. The molecule has 24 heavy (non-hydrogen) atoms. The third-order valence-electron chi connectivity index (χ3n) is 4.65. The minimum atomic E-state index is -2.77. The fraction of sp³-hybridized carbons (Fsp3) is 0.562. The van der Waals surface area contributed by atoms with Gasteiger partial charge in [-0.25, -0.2) is 8.78 Å². The van der Waals surface area contributed by atoms with Crippen LogP contribution in [0, 0.1) is 6.92 Å². The van der Waals surface area contributed by atoms with Crippen molar-refractivity contribution < 1.29 is 13.6 Å². The second-order valence-electron chi connectivity index (χ2n) is 6.23. The van der Waals surface area contributed by atoms with E-state index in [9.17, 15) is 13.6 Å². The van der Waals surface area contributed by atoms with E-state index in [1.807, 2.05) is 13.2 Å². The molecule has 1 aliphatic heterocycles. The number of hydrogen-bond acceptors (Lipinski definition) is 3. The minimum absolute atomic E-state index is 0.0308. The number of rotatable bonds is 3. The van der Waals surface area contributed by atoms with E-state index >= 15 is 0 Å². The van der Waals surface area contributed by atoms with Gasteiger partial charge in [0.15, 0.2) is 0 Å². The molecule has 1 fully saturated rings. The Morgan fingerprint density at radius 1 is 1.33 bits per heavy atom. The maximum atomic E-state index is 13.3. The molecule has 2 aromatic heterocycles. The number of halogens is 2.